The van der Waals surface area contributed by atoms with Gasteiger partial charge in [-0.3, -0.25) is 0 Å². The van der Waals surface area contributed by atoms with Gasteiger partial charge in [-0.15, -0.1) is 0 Å². The van der Waals surface area contributed by atoms with Crippen molar-refractivity contribution in [1.82, 2.24) is 4.57 Å². The highest BCUT2D eigenvalue weighted by atomic mass is 15.1. The van der Waals surface area contributed by atoms with Crippen LogP contribution in [0.25, 0.3) is 71.6 Å². The number of benzene rings is 9. The van der Waals surface area contributed by atoms with E-state index < -0.39 is 0 Å². The molecule has 0 unspecified atom stereocenters. The molecule has 0 N–H and O–H groups in total. The van der Waals surface area contributed by atoms with Gasteiger partial charge in [-0.1, -0.05) is 152 Å². The smallest absolute Gasteiger partial charge is 0.0547 e. The highest BCUT2D eigenvalue weighted by molar-refractivity contribution is 6.13. The molecule has 1 aromatic heterocycles. The van der Waals surface area contributed by atoms with Crippen LogP contribution in [0, 0.1) is 0 Å². The number of rotatable bonds is 7. The van der Waals surface area contributed by atoms with Gasteiger partial charge in [0.05, 0.1) is 11.0 Å². The summed E-state index contributed by atoms with van der Waals surface area (Å²) in [6, 6.07) is 78.7. The van der Waals surface area contributed by atoms with Gasteiger partial charge >= 0.3 is 0 Å². The van der Waals surface area contributed by atoms with E-state index in [1.165, 1.54) is 66.0 Å². The van der Waals surface area contributed by atoms with Crippen molar-refractivity contribution in [3.8, 4) is 39.1 Å². The molecule has 0 fully saturated rings. The highest BCUT2D eigenvalue weighted by Gasteiger charge is 2.16. The zero-order valence-electron chi connectivity index (χ0n) is 29.7. The second kappa shape index (κ2) is 13.4. The summed E-state index contributed by atoms with van der Waals surface area (Å²) in [5.41, 5.74) is 14.2. The fourth-order valence-electron chi connectivity index (χ4n) is 7.96. The lowest BCUT2D eigenvalue weighted by Crippen LogP contribution is -2.09. The summed E-state index contributed by atoms with van der Waals surface area (Å²) < 4.78 is 2.40. The van der Waals surface area contributed by atoms with Crippen molar-refractivity contribution < 1.29 is 0 Å². The van der Waals surface area contributed by atoms with Crippen molar-refractivity contribution in [1.29, 1.82) is 0 Å². The number of fused-ring (bicyclic) bond motifs is 4. The largest absolute Gasteiger partial charge is 0.311 e. The van der Waals surface area contributed by atoms with E-state index >= 15 is 0 Å². The quantitative estimate of drug-likeness (QED) is 0.162. The minimum Gasteiger partial charge on any atom is -0.311 e. The summed E-state index contributed by atoms with van der Waals surface area (Å²) in [5, 5.41) is 5.06. The van der Waals surface area contributed by atoms with Crippen molar-refractivity contribution in [2.24, 2.45) is 0 Å². The van der Waals surface area contributed by atoms with Crippen LogP contribution < -0.4 is 4.90 Å². The first kappa shape index (κ1) is 31.6. The van der Waals surface area contributed by atoms with Gasteiger partial charge in [0.1, 0.15) is 0 Å². The van der Waals surface area contributed by atoms with Crippen LogP contribution in [-0.4, -0.2) is 4.57 Å². The number of anilines is 3. The maximum Gasteiger partial charge on any atom is 0.0547 e. The third-order valence-corrected chi connectivity index (χ3v) is 10.6. The normalized spacial score (nSPS) is 11.3. The molecule has 0 aliphatic rings. The van der Waals surface area contributed by atoms with E-state index in [0.29, 0.717) is 0 Å². The summed E-state index contributed by atoms with van der Waals surface area (Å²) in [5.74, 6) is 0. The summed E-state index contributed by atoms with van der Waals surface area (Å²) in [6.45, 7) is 0. The van der Waals surface area contributed by atoms with Crippen LogP contribution in [-0.2, 0) is 0 Å². The van der Waals surface area contributed by atoms with Crippen LogP contribution in [0.3, 0.4) is 0 Å². The lowest BCUT2D eigenvalue weighted by Gasteiger charge is -2.26. The number of nitrogens with zero attached hydrogens (tertiary/aromatic N) is 2. The predicted octanol–water partition coefficient (Wildman–Crippen LogP) is 14.4. The van der Waals surface area contributed by atoms with E-state index in [4.69, 9.17) is 0 Å². The van der Waals surface area contributed by atoms with Gasteiger partial charge in [0, 0.05) is 33.5 Å². The topological polar surface area (TPSA) is 8.17 Å². The monoisotopic (exact) mass is 688 g/mol. The second-order valence-electron chi connectivity index (χ2n) is 13.8. The molecule has 54 heavy (non-hydrogen) atoms. The summed E-state index contributed by atoms with van der Waals surface area (Å²) >= 11 is 0. The lowest BCUT2D eigenvalue weighted by atomic mass is 9.94. The third-order valence-electron chi connectivity index (χ3n) is 10.6. The first-order valence-electron chi connectivity index (χ1n) is 18.5. The molecular formula is C52H36N2. The van der Waals surface area contributed by atoms with Crippen molar-refractivity contribution in [2.45, 2.75) is 0 Å². The standard InChI is InChI=1S/C52H36N2/c1-3-13-39(14-4-1)47-19-9-10-20-48(47)40-27-33-45(34-28-40)53(43-17-5-2-6-18-43)44-29-23-37(24-30-44)38-25-31-46(32-26-38)54-51-22-12-11-21-49(51)50-35-41-15-7-8-16-42(41)36-52(50)54/h1-36H. The van der Waals surface area contributed by atoms with Gasteiger partial charge < -0.3 is 9.47 Å². The molecule has 10 aromatic rings. The van der Waals surface area contributed by atoms with Crippen LogP contribution in [0.4, 0.5) is 17.1 Å². The minimum absolute atomic E-state index is 1.11. The first-order valence-corrected chi connectivity index (χ1v) is 18.5. The van der Waals surface area contributed by atoms with E-state index in [9.17, 15) is 0 Å². The van der Waals surface area contributed by atoms with Crippen LogP contribution in [0.2, 0.25) is 0 Å². The molecule has 2 nitrogen and oxygen atoms in total. The molecule has 254 valence electrons. The highest BCUT2D eigenvalue weighted by Crippen LogP contribution is 2.39. The van der Waals surface area contributed by atoms with Crippen molar-refractivity contribution in [2.75, 3.05) is 4.90 Å². The Morgan fingerprint density at radius 2 is 0.759 bits per heavy atom. The number of hydrogen-bond donors (Lipinski definition) is 0. The summed E-state index contributed by atoms with van der Waals surface area (Å²) in [4.78, 5) is 2.33. The fraction of sp³-hybridized carbons (Fsp3) is 0. The van der Waals surface area contributed by atoms with Crippen molar-refractivity contribution in [3.63, 3.8) is 0 Å². The molecule has 0 saturated heterocycles. The minimum atomic E-state index is 1.11. The Balaban J connectivity index is 0.977. The van der Waals surface area contributed by atoms with Gasteiger partial charge in [0.2, 0.25) is 0 Å². The molecule has 0 spiro atoms. The Kier molecular flexibility index (Phi) is 7.85. The zero-order chi connectivity index (χ0) is 35.8. The predicted molar refractivity (Wildman–Crippen MR) is 229 cm³/mol. The molecule has 0 amide bonds. The average Bonchev–Trinajstić information content (AvgIpc) is 3.57. The van der Waals surface area contributed by atoms with Crippen LogP contribution in [0.15, 0.2) is 218 Å². The van der Waals surface area contributed by atoms with Gasteiger partial charge in [-0.2, -0.15) is 0 Å². The number of hydrogen-bond acceptors (Lipinski definition) is 1. The van der Waals surface area contributed by atoms with E-state index in [2.05, 4.69) is 228 Å². The Morgan fingerprint density at radius 3 is 1.41 bits per heavy atom. The van der Waals surface area contributed by atoms with E-state index in [1.54, 1.807) is 0 Å². The van der Waals surface area contributed by atoms with E-state index in [-0.39, 0.29) is 0 Å². The summed E-state index contributed by atoms with van der Waals surface area (Å²) in [6.07, 6.45) is 0. The Morgan fingerprint density at radius 1 is 0.296 bits per heavy atom. The number of para-hydroxylation sites is 2. The van der Waals surface area contributed by atoms with Crippen molar-refractivity contribution >= 4 is 49.6 Å². The molecule has 2 heteroatoms. The molecule has 0 saturated carbocycles. The average molecular weight is 689 g/mol. The molecule has 1 heterocycles. The molecular weight excluding hydrogens is 653 g/mol. The Bertz CT molecular complexity index is 2890. The van der Waals surface area contributed by atoms with Crippen LogP contribution in [0.5, 0.6) is 0 Å². The molecule has 0 aliphatic carbocycles. The van der Waals surface area contributed by atoms with Crippen LogP contribution >= 0.6 is 0 Å². The Hall–Kier alpha value is -7.16. The summed E-state index contributed by atoms with van der Waals surface area (Å²) in [7, 11) is 0. The lowest BCUT2D eigenvalue weighted by molar-refractivity contribution is 1.18. The van der Waals surface area contributed by atoms with E-state index in [0.717, 1.165) is 22.7 Å². The van der Waals surface area contributed by atoms with Gasteiger partial charge in [0.25, 0.3) is 0 Å². The van der Waals surface area contributed by atoms with Crippen molar-refractivity contribution in [3.05, 3.63) is 218 Å². The third kappa shape index (κ3) is 5.62. The Labute approximate surface area is 315 Å². The fourth-order valence-corrected chi connectivity index (χ4v) is 7.96. The maximum atomic E-state index is 2.40. The van der Waals surface area contributed by atoms with Gasteiger partial charge in [-0.25, -0.2) is 0 Å². The molecule has 0 radical (unpaired) electrons. The zero-order valence-corrected chi connectivity index (χ0v) is 29.7. The molecule has 0 atom stereocenters. The van der Waals surface area contributed by atoms with Crippen LogP contribution in [0.1, 0.15) is 0 Å². The van der Waals surface area contributed by atoms with Gasteiger partial charge in [-0.05, 0) is 111 Å². The molecule has 0 bridgehead atoms. The maximum absolute atomic E-state index is 2.40. The SMILES string of the molecule is c1ccc(-c2ccccc2-c2ccc(N(c3ccccc3)c3ccc(-c4ccc(-n5c6ccccc6c6cc7ccccc7cc65)cc4)cc3)cc2)cc1. The van der Waals surface area contributed by atoms with Gasteiger partial charge in [0.15, 0.2) is 0 Å². The number of aromatic nitrogens is 1. The van der Waals surface area contributed by atoms with E-state index in [1.807, 2.05) is 0 Å². The first-order chi connectivity index (χ1) is 26.8. The molecule has 10 rings (SSSR count). The second-order valence-corrected chi connectivity index (χ2v) is 13.8. The molecule has 9 aromatic carbocycles. The molecule has 0 aliphatic heterocycles.